The van der Waals surface area contributed by atoms with Gasteiger partial charge < -0.3 is 4.98 Å². The fourth-order valence-corrected chi connectivity index (χ4v) is 2.16. The van der Waals surface area contributed by atoms with Crippen LogP contribution in [0.15, 0.2) is 47.4 Å². The second kappa shape index (κ2) is 5.73. The van der Waals surface area contributed by atoms with E-state index in [1.807, 2.05) is 36.0 Å². The zero-order chi connectivity index (χ0) is 12.1. The van der Waals surface area contributed by atoms with E-state index in [1.54, 1.807) is 6.20 Å². The normalized spacial score (nSPS) is 10.4. The van der Waals surface area contributed by atoms with Gasteiger partial charge in [-0.25, -0.2) is 0 Å². The SMILES string of the molecule is CSCCc1ccc(-c2ccc[nH]c2=O)cc1. The van der Waals surface area contributed by atoms with Crippen molar-refractivity contribution in [2.45, 2.75) is 6.42 Å². The maximum absolute atomic E-state index is 11.6. The van der Waals surface area contributed by atoms with E-state index in [-0.39, 0.29) is 5.56 Å². The molecule has 0 spiro atoms. The van der Waals surface area contributed by atoms with Crippen LogP contribution in [-0.4, -0.2) is 17.0 Å². The molecule has 1 aromatic heterocycles. The van der Waals surface area contributed by atoms with E-state index in [0.29, 0.717) is 0 Å². The average molecular weight is 245 g/mol. The maximum atomic E-state index is 11.6. The third-order valence-electron chi connectivity index (χ3n) is 2.68. The van der Waals surface area contributed by atoms with Crippen LogP contribution in [0.2, 0.25) is 0 Å². The molecule has 3 heteroatoms. The molecule has 0 aliphatic rings. The van der Waals surface area contributed by atoms with Gasteiger partial charge >= 0.3 is 0 Å². The number of aryl methyl sites for hydroxylation is 1. The molecule has 0 radical (unpaired) electrons. The molecular weight excluding hydrogens is 230 g/mol. The lowest BCUT2D eigenvalue weighted by atomic mass is 10.0. The van der Waals surface area contributed by atoms with Gasteiger partial charge in [0.15, 0.2) is 0 Å². The number of pyridine rings is 1. The van der Waals surface area contributed by atoms with Crippen LogP contribution >= 0.6 is 11.8 Å². The van der Waals surface area contributed by atoms with Crippen molar-refractivity contribution >= 4 is 11.8 Å². The quantitative estimate of drug-likeness (QED) is 0.898. The number of rotatable bonds is 4. The maximum Gasteiger partial charge on any atom is 0.255 e. The Kier molecular flexibility index (Phi) is 4.04. The summed E-state index contributed by atoms with van der Waals surface area (Å²) in [6.45, 7) is 0. The van der Waals surface area contributed by atoms with E-state index in [2.05, 4.69) is 23.4 Å². The van der Waals surface area contributed by atoms with Crippen LogP contribution in [0.5, 0.6) is 0 Å². The van der Waals surface area contributed by atoms with Crippen LogP contribution in [-0.2, 0) is 6.42 Å². The van der Waals surface area contributed by atoms with Crippen molar-refractivity contribution in [2.24, 2.45) is 0 Å². The number of aromatic amines is 1. The summed E-state index contributed by atoms with van der Waals surface area (Å²) in [5, 5.41) is 0. The smallest absolute Gasteiger partial charge is 0.255 e. The number of hydrogen-bond donors (Lipinski definition) is 1. The Bertz CT molecular complexity index is 530. The van der Waals surface area contributed by atoms with Gasteiger partial charge in [-0.3, -0.25) is 4.79 Å². The van der Waals surface area contributed by atoms with Crippen molar-refractivity contribution in [1.29, 1.82) is 0 Å². The van der Waals surface area contributed by atoms with E-state index < -0.39 is 0 Å². The third kappa shape index (κ3) is 3.01. The molecule has 2 nitrogen and oxygen atoms in total. The summed E-state index contributed by atoms with van der Waals surface area (Å²) in [4.78, 5) is 14.3. The number of thioether (sulfide) groups is 1. The number of benzene rings is 1. The second-order valence-electron chi connectivity index (χ2n) is 3.85. The topological polar surface area (TPSA) is 32.9 Å². The molecule has 0 aliphatic carbocycles. The Balaban J connectivity index is 2.24. The highest BCUT2D eigenvalue weighted by molar-refractivity contribution is 7.98. The first-order valence-electron chi connectivity index (χ1n) is 5.57. The van der Waals surface area contributed by atoms with Gasteiger partial charge in [0.25, 0.3) is 5.56 Å². The molecule has 0 unspecified atom stereocenters. The van der Waals surface area contributed by atoms with Crippen molar-refractivity contribution < 1.29 is 0 Å². The number of aromatic nitrogens is 1. The van der Waals surface area contributed by atoms with Crippen molar-refractivity contribution in [3.05, 3.63) is 58.5 Å². The van der Waals surface area contributed by atoms with Gasteiger partial charge in [-0.2, -0.15) is 11.8 Å². The lowest BCUT2D eigenvalue weighted by Crippen LogP contribution is -2.06. The predicted octanol–water partition coefficient (Wildman–Crippen LogP) is 2.95. The fraction of sp³-hybridized carbons (Fsp3) is 0.214. The van der Waals surface area contributed by atoms with Gasteiger partial charge in [0, 0.05) is 11.8 Å². The Hall–Kier alpha value is -1.48. The molecule has 1 heterocycles. The summed E-state index contributed by atoms with van der Waals surface area (Å²) < 4.78 is 0. The van der Waals surface area contributed by atoms with Crippen LogP contribution in [0.1, 0.15) is 5.56 Å². The summed E-state index contributed by atoms with van der Waals surface area (Å²) in [5.41, 5.74) is 2.98. The molecule has 2 aromatic rings. The molecule has 88 valence electrons. The van der Waals surface area contributed by atoms with Crippen LogP contribution in [0.25, 0.3) is 11.1 Å². The van der Waals surface area contributed by atoms with E-state index >= 15 is 0 Å². The molecule has 2 rings (SSSR count). The Morgan fingerprint density at radius 1 is 1.18 bits per heavy atom. The van der Waals surface area contributed by atoms with E-state index in [0.717, 1.165) is 23.3 Å². The third-order valence-corrected chi connectivity index (χ3v) is 3.29. The van der Waals surface area contributed by atoms with E-state index in [9.17, 15) is 4.79 Å². The summed E-state index contributed by atoms with van der Waals surface area (Å²) in [6.07, 6.45) is 4.84. The molecule has 0 bridgehead atoms. The van der Waals surface area contributed by atoms with Crippen LogP contribution in [0.3, 0.4) is 0 Å². The monoisotopic (exact) mass is 245 g/mol. The van der Waals surface area contributed by atoms with Crippen LogP contribution in [0.4, 0.5) is 0 Å². The van der Waals surface area contributed by atoms with Crippen molar-refractivity contribution in [2.75, 3.05) is 12.0 Å². The Labute approximate surface area is 105 Å². The average Bonchev–Trinajstić information content (AvgIpc) is 2.38. The first-order chi connectivity index (χ1) is 8.31. The molecule has 0 saturated carbocycles. The van der Waals surface area contributed by atoms with Gasteiger partial charge in [-0.15, -0.1) is 0 Å². The first kappa shape index (κ1) is 12.0. The highest BCUT2D eigenvalue weighted by Gasteiger charge is 2.01. The molecule has 0 fully saturated rings. The number of hydrogen-bond acceptors (Lipinski definition) is 2. The van der Waals surface area contributed by atoms with Crippen LogP contribution in [0, 0.1) is 0 Å². The van der Waals surface area contributed by atoms with Crippen molar-refractivity contribution in [3.63, 3.8) is 0 Å². The van der Waals surface area contributed by atoms with Gasteiger partial charge in [0.05, 0.1) is 0 Å². The molecule has 0 amide bonds. The number of H-pyrrole nitrogens is 1. The van der Waals surface area contributed by atoms with Crippen molar-refractivity contribution in [3.8, 4) is 11.1 Å². The molecule has 1 aromatic carbocycles. The lowest BCUT2D eigenvalue weighted by Gasteiger charge is -2.03. The summed E-state index contributed by atoms with van der Waals surface area (Å²) in [6, 6.07) is 11.9. The summed E-state index contributed by atoms with van der Waals surface area (Å²) in [5.74, 6) is 1.13. The second-order valence-corrected chi connectivity index (χ2v) is 4.84. The minimum Gasteiger partial charge on any atom is -0.329 e. The van der Waals surface area contributed by atoms with Gasteiger partial charge in [-0.05, 0) is 41.7 Å². The van der Waals surface area contributed by atoms with Gasteiger partial charge in [0.2, 0.25) is 0 Å². The summed E-state index contributed by atoms with van der Waals surface area (Å²) in [7, 11) is 0. The molecule has 17 heavy (non-hydrogen) atoms. The van der Waals surface area contributed by atoms with Crippen LogP contribution < -0.4 is 5.56 Å². The van der Waals surface area contributed by atoms with E-state index in [1.165, 1.54) is 5.56 Å². The molecular formula is C14H15NOS. The number of nitrogens with one attached hydrogen (secondary N) is 1. The predicted molar refractivity (Wildman–Crippen MR) is 74.6 cm³/mol. The fourth-order valence-electron chi connectivity index (χ4n) is 1.72. The minimum atomic E-state index is -0.0376. The standard InChI is InChI=1S/C14H15NOS/c1-17-10-8-11-4-6-12(7-5-11)13-3-2-9-15-14(13)16/h2-7,9H,8,10H2,1H3,(H,15,16). The minimum absolute atomic E-state index is 0.0376. The van der Waals surface area contributed by atoms with Crippen molar-refractivity contribution in [1.82, 2.24) is 4.98 Å². The molecule has 0 aliphatic heterocycles. The van der Waals surface area contributed by atoms with Gasteiger partial charge in [-0.1, -0.05) is 24.3 Å². The van der Waals surface area contributed by atoms with E-state index in [4.69, 9.17) is 0 Å². The molecule has 1 N–H and O–H groups in total. The largest absolute Gasteiger partial charge is 0.329 e. The first-order valence-corrected chi connectivity index (χ1v) is 6.96. The molecule has 0 atom stereocenters. The Morgan fingerprint density at radius 3 is 2.59 bits per heavy atom. The zero-order valence-electron chi connectivity index (χ0n) is 9.77. The Morgan fingerprint density at radius 2 is 1.94 bits per heavy atom. The lowest BCUT2D eigenvalue weighted by molar-refractivity contribution is 1.16. The highest BCUT2D eigenvalue weighted by Crippen LogP contribution is 2.16. The van der Waals surface area contributed by atoms with Gasteiger partial charge in [0.1, 0.15) is 0 Å². The zero-order valence-corrected chi connectivity index (χ0v) is 10.6. The summed E-state index contributed by atoms with van der Waals surface area (Å²) >= 11 is 1.84. The molecule has 0 saturated heterocycles. The highest BCUT2D eigenvalue weighted by atomic mass is 32.2.